The van der Waals surface area contributed by atoms with Gasteiger partial charge in [0.2, 0.25) is 0 Å². The molecule has 2 atom stereocenters. The van der Waals surface area contributed by atoms with Crippen molar-refractivity contribution in [2.24, 2.45) is 5.41 Å². The first-order valence-corrected chi connectivity index (χ1v) is 9.44. The molecule has 3 heterocycles. The molecule has 0 aliphatic carbocycles. The van der Waals surface area contributed by atoms with Gasteiger partial charge < -0.3 is 20.1 Å². The predicted octanol–water partition coefficient (Wildman–Crippen LogP) is 2.02. The van der Waals surface area contributed by atoms with Crippen LogP contribution in [-0.2, 0) is 11.2 Å². The Hall–Kier alpha value is -3.00. The number of hydrogen-bond donors (Lipinski definition) is 3. The van der Waals surface area contributed by atoms with Crippen molar-refractivity contribution in [3.8, 4) is 0 Å². The fourth-order valence-electron chi connectivity index (χ4n) is 4.07. The van der Waals surface area contributed by atoms with Gasteiger partial charge in [-0.25, -0.2) is 15.0 Å². The van der Waals surface area contributed by atoms with E-state index in [0.717, 1.165) is 6.42 Å². The third-order valence-corrected chi connectivity index (χ3v) is 5.64. The van der Waals surface area contributed by atoms with E-state index in [4.69, 9.17) is 0 Å². The van der Waals surface area contributed by atoms with E-state index in [1.807, 2.05) is 35.2 Å². The number of aryl methyl sites for hydroxylation is 1. The second kappa shape index (κ2) is 7.55. The van der Waals surface area contributed by atoms with Crippen LogP contribution in [0, 0.1) is 5.41 Å². The zero-order chi connectivity index (χ0) is 19.6. The maximum Gasteiger partial charge on any atom is 0.314 e. The first kappa shape index (κ1) is 18.4. The van der Waals surface area contributed by atoms with Gasteiger partial charge in [0.05, 0.1) is 12.4 Å². The number of fused-ring (bicyclic) bond motifs is 1. The number of benzene rings is 1. The molecular weight excluding hydrogens is 358 g/mol. The highest BCUT2D eigenvalue weighted by Gasteiger charge is 2.49. The molecule has 8 nitrogen and oxygen atoms in total. The van der Waals surface area contributed by atoms with Gasteiger partial charge in [0.1, 0.15) is 17.3 Å². The smallest absolute Gasteiger partial charge is 0.314 e. The number of aliphatic carboxylic acids is 1. The summed E-state index contributed by atoms with van der Waals surface area (Å²) >= 11 is 0. The second-order valence-corrected chi connectivity index (χ2v) is 7.32. The number of piperidine rings is 1. The van der Waals surface area contributed by atoms with Crippen molar-refractivity contribution in [1.29, 1.82) is 0 Å². The van der Waals surface area contributed by atoms with Crippen molar-refractivity contribution in [3.05, 3.63) is 48.5 Å². The summed E-state index contributed by atoms with van der Waals surface area (Å²) in [5.74, 6) is -0.337. The summed E-state index contributed by atoms with van der Waals surface area (Å²) in [6.45, 7) is 0.726. The van der Waals surface area contributed by atoms with Gasteiger partial charge in [0, 0.05) is 13.1 Å². The highest BCUT2D eigenvalue weighted by molar-refractivity contribution is 5.84. The minimum absolute atomic E-state index is 0.198. The zero-order valence-electron chi connectivity index (χ0n) is 15.5. The van der Waals surface area contributed by atoms with Crippen LogP contribution in [0.5, 0.6) is 0 Å². The summed E-state index contributed by atoms with van der Waals surface area (Å²) in [7, 11) is 0. The third-order valence-electron chi connectivity index (χ3n) is 5.64. The normalized spacial score (nSPS) is 22.5. The highest BCUT2D eigenvalue weighted by Crippen LogP contribution is 2.38. The fraction of sp³-hybridized carbons (Fsp3) is 0.400. The van der Waals surface area contributed by atoms with Crippen LogP contribution in [0.3, 0.4) is 0 Å². The number of imidazole rings is 1. The van der Waals surface area contributed by atoms with Crippen LogP contribution in [0.1, 0.15) is 24.8 Å². The van der Waals surface area contributed by atoms with Crippen molar-refractivity contribution in [3.63, 3.8) is 0 Å². The SMILES string of the molecule is O=C(O)[C@]1(CCCc2ccccc2)CN(c2ncnc3nc[nH]c23)CC[C@H]1O. The number of aliphatic hydroxyl groups is 1. The average molecular weight is 381 g/mol. The Bertz CT molecular complexity index is 961. The lowest BCUT2D eigenvalue weighted by atomic mass is 9.73. The number of anilines is 1. The first-order valence-electron chi connectivity index (χ1n) is 9.44. The average Bonchev–Trinajstić information content (AvgIpc) is 3.19. The minimum atomic E-state index is -1.23. The van der Waals surface area contributed by atoms with Crippen LogP contribution in [0.4, 0.5) is 5.82 Å². The molecular formula is C20H23N5O3. The zero-order valence-corrected chi connectivity index (χ0v) is 15.5. The molecule has 4 rings (SSSR count). The molecule has 0 amide bonds. The van der Waals surface area contributed by atoms with E-state index < -0.39 is 17.5 Å². The van der Waals surface area contributed by atoms with E-state index >= 15 is 0 Å². The van der Waals surface area contributed by atoms with Crippen LogP contribution in [0.15, 0.2) is 43.0 Å². The molecule has 3 aromatic rings. The van der Waals surface area contributed by atoms with Crippen molar-refractivity contribution >= 4 is 23.0 Å². The maximum absolute atomic E-state index is 12.3. The number of H-pyrrole nitrogens is 1. The van der Waals surface area contributed by atoms with Crippen LogP contribution in [0.25, 0.3) is 11.2 Å². The van der Waals surface area contributed by atoms with E-state index in [-0.39, 0.29) is 6.54 Å². The van der Waals surface area contributed by atoms with Crippen LogP contribution >= 0.6 is 0 Å². The van der Waals surface area contributed by atoms with Gasteiger partial charge in [-0.05, 0) is 31.2 Å². The summed E-state index contributed by atoms with van der Waals surface area (Å²) < 4.78 is 0. The fourth-order valence-corrected chi connectivity index (χ4v) is 4.07. The van der Waals surface area contributed by atoms with Crippen LogP contribution < -0.4 is 4.90 Å². The van der Waals surface area contributed by atoms with Gasteiger partial charge in [-0.2, -0.15) is 0 Å². The molecule has 1 aromatic carbocycles. The number of carbonyl (C=O) groups is 1. The van der Waals surface area contributed by atoms with E-state index in [2.05, 4.69) is 19.9 Å². The molecule has 3 N–H and O–H groups in total. The third kappa shape index (κ3) is 3.31. The van der Waals surface area contributed by atoms with Gasteiger partial charge in [-0.3, -0.25) is 4.79 Å². The van der Waals surface area contributed by atoms with E-state index in [9.17, 15) is 15.0 Å². The Balaban J connectivity index is 1.56. The lowest BCUT2D eigenvalue weighted by Gasteiger charge is -2.44. The summed E-state index contributed by atoms with van der Waals surface area (Å²) in [4.78, 5) is 29.8. The summed E-state index contributed by atoms with van der Waals surface area (Å²) in [6.07, 6.45) is 4.32. The number of hydrogen-bond acceptors (Lipinski definition) is 6. The number of aromatic amines is 1. The number of rotatable bonds is 6. The van der Waals surface area contributed by atoms with Crippen molar-refractivity contribution in [2.75, 3.05) is 18.0 Å². The largest absolute Gasteiger partial charge is 0.481 e. The quantitative estimate of drug-likeness (QED) is 0.598. The molecule has 0 unspecified atom stereocenters. The van der Waals surface area contributed by atoms with Gasteiger partial charge in [0.25, 0.3) is 0 Å². The lowest BCUT2D eigenvalue weighted by molar-refractivity contribution is -0.158. The second-order valence-electron chi connectivity index (χ2n) is 7.32. The Kier molecular flexibility index (Phi) is 4.95. The lowest BCUT2D eigenvalue weighted by Crippen LogP contribution is -2.56. The summed E-state index contributed by atoms with van der Waals surface area (Å²) in [6, 6.07) is 9.98. The molecule has 0 bridgehead atoms. The van der Waals surface area contributed by atoms with Gasteiger partial charge >= 0.3 is 5.97 Å². The van der Waals surface area contributed by atoms with Crippen molar-refractivity contribution in [2.45, 2.75) is 31.8 Å². The Labute approximate surface area is 162 Å². The summed E-state index contributed by atoms with van der Waals surface area (Å²) in [5, 5.41) is 20.7. The highest BCUT2D eigenvalue weighted by atomic mass is 16.4. The molecule has 1 aliphatic heterocycles. The standard InChI is InChI=1S/C20H23N5O3/c26-15-8-10-25(18-16-17(22-12-21-16)23-13-24-18)11-20(15,19(27)28)9-4-7-14-5-2-1-3-6-14/h1-3,5-6,12-13,15,26H,4,7-11H2,(H,27,28)(H,21,22,23,24)/t15-,20-/m1/s1. The maximum atomic E-state index is 12.3. The Morgan fingerprint density at radius 1 is 1.25 bits per heavy atom. The minimum Gasteiger partial charge on any atom is -0.481 e. The van der Waals surface area contributed by atoms with E-state index in [1.165, 1.54) is 11.9 Å². The first-order chi connectivity index (χ1) is 13.6. The molecule has 8 heteroatoms. The van der Waals surface area contributed by atoms with Gasteiger partial charge in [-0.1, -0.05) is 30.3 Å². The molecule has 1 fully saturated rings. The van der Waals surface area contributed by atoms with Gasteiger partial charge in [0.15, 0.2) is 11.5 Å². The molecule has 0 spiro atoms. The van der Waals surface area contributed by atoms with Crippen LogP contribution in [-0.4, -0.2) is 55.3 Å². The van der Waals surface area contributed by atoms with Crippen molar-refractivity contribution in [1.82, 2.24) is 19.9 Å². The topological polar surface area (TPSA) is 115 Å². The molecule has 1 saturated heterocycles. The predicted molar refractivity (Wildman–Crippen MR) is 104 cm³/mol. The number of nitrogens with one attached hydrogen (secondary N) is 1. The number of aromatic nitrogens is 4. The summed E-state index contributed by atoms with van der Waals surface area (Å²) in [5.41, 5.74) is 1.16. The number of nitrogens with zero attached hydrogens (tertiary/aromatic N) is 4. The molecule has 1 aliphatic rings. The molecule has 0 radical (unpaired) electrons. The Morgan fingerprint density at radius 2 is 2.07 bits per heavy atom. The number of aliphatic hydroxyl groups excluding tert-OH is 1. The molecule has 28 heavy (non-hydrogen) atoms. The molecule has 0 saturated carbocycles. The monoisotopic (exact) mass is 381 g/mol. The van der Waals surface area contributed by atoms with Crippen molar-refractivity contribution < 1.29 is 15.0 Å². The number of carboxylic acid groups (broad SMARTS) is 1. The number of carboxylic acids is 1. The Morgan fingerprint density at radius 3 is 2.86 bits per heavy atom. The van der Waals surface area contributed by atoms with E-state index in [1.54, 1.807) is 6.33 Å². The van der Waals surface area contributed by atoms with Gasteiger partial charge in [-0.15, -0.1) is 0 Å². The molecule has 146 valence electrons. The molecule has 2 aromatic heterocycles. The van der Waals surface area contributed by atoms with E-state index in [0.29, 0.717) is 42.8 Å². The van der Waals surface area contributed by atoms with Crippen LogP contribution in [0.2, 0.25) is 0 Å².